The van der Waals surface area contributed by atoms with Gasteiger partial charge in [-0.25, -0.2) is 9.97 Å². The highest BCUT2D eigenvalue weighted by Gasteiger charge is 2.00. The van der Waals surface area contributed by atoms with E-state index in [0.29, 0.717) is 5.95 Å². The fourth-order valence-electron chi connectivity index (χ4n) is 1.52. The summed E-state index contributed by atoms with van der Waals surface area (Å²) in [6, 6.07) is 4.05. The van der Waals surface area contributed by atoms with E-state index in [0.717, 1.165) is 24.1 Å². The third kappa shape index (κ3) is 3.49. The second-order valence-corrected chi connectivity index (χ2v) is 4.22. The molecule has 0 radical (unpaired) electrons. The lowest BCUT2D eigenvalue weighted by atomic mass is 10.1. The van der Waals surface area contributed by atoms with E-state index in [1.165, 1.54) is 0 Å². The molecule has 0 spiro atoms. The molecule has 2 aromatic heterocycles. The molecule has 18 heavy (non-hydrogen) atoms. The van der Waals surface area contributed by atoms with E-state index in [4.69, 9.17) is 5.73 Å². The lowest BCUT2D eigenvalue weighted by Gasteiger charge is -2.07. The number of nitrogens with one attached hydrogen (secondary N) is 1. The van der Waals surface area contributed by atoms with E-state index in [2.05, 4.69) is 20.3 Å². The smallest absolute Gasteiger partial charge is 0.222 e. The van der Waals surface area contributed by atoms with Crippen LogP contribution in [0, 0.1) is 0 Å². The molecule has 5 heteroatoms. The predicted molar refractivity (Wildman–Crippen MR) is 72.0 cm³/mol. The lowest BCUT2D eigenvalue weighted by molar-refractivity contribution is 0.688. The van der Waals surface area contributed by atoms with Crippen molar-refractivity contribution in [3.63, 3.8) is 0 Å². The Morgan fingerprint density at radius 3 is 2.44 bits per heavy atom. The van der Waals surface area contributed by atoms with Crippen LogP contribution in [0.1, 0.15) is 13.3 Å². The number of nitrogens with two attached hydrogens (primary N) is 1. The summed E-state index contributed by atoms with van der Waals surface area (Å²) >= 11 is 0. The molecule has 94 valence electrons. The van der Waals surface area contributed by atoms with Crippen molar-refractivity contribution in [2.24, 2.45) is 5.73 Å². The Morgan fingerprint density at radius 2 is 1.83 bits per heavy atom. The van der Waals surface area contributed by atoms with E-state index in [1.54, 1.807) is 24.8 Å². The molecule has 2 heterocycles. The maximum absolute atomic E-state index is 5.67. The molecule has 0 bridgehead atoms. The molecule has 0 saturated carbocycles. The fraction of sp³-hybridized carbons (Fsp3) is 0.308. The van der Waals surface area contributed by atoms with Crippen LogP contribution in [0.5, 0.6) is 0 Å². The number of hydrogen-bond donors (Lipinski definition) is 2. The largest absolute Gasteiger partial charge is 0.354 e. The number of aromatic nitrogens is 3. The molecule has 3 N–H and O–H groups in total. The van der Waals surface area contributed by atoms with Crippen LogP contribution in [-0.4, -0.2) is 27.5 Å². The van der Waals surface area contributed by atoms with Gasteiger partial charge in [-0.05, 0) is 31.0 Å². The second kappa shape index (κ2) is 6.07. The summed E-state index contributed by atoms with van der Waals surface area (Å²) in [6.07, 6.45) is 8.01. The zero-order valence-electron chi connectivity index (χ0n) is 10.4. The van der Waals surface area contributed by atoms with Crippen LogP contribution in [0.3, 0.4) is 0 Å². The van der Waals surface area contributed by atoms with Gasteiger partial charge in [0.05, 0.1) is 0 Å². The van der Waals surface area contributed by atoms with Gasteiger partial charge in [0.1, 0.15) is 0 Å². The topological polar surface area (TPSA) is 76.7 Å². The summed E-state index contributed by atoms with van der Waals surface area (Å²) < 4.78 is 0. The van der Waals surface area contributed by atoms with Crippen LogP contribution in [-0.2, 0) is 0 Å². The van der Waals surface area contributed by atoms with Gasteiger partial charge < -0.3 is 11.1 Å². The number of anilines is 1. The van der Waals surface area contributed by atoms with Gasteiger partial charge in [-0.1, -0.05) is 0 Å². The minimum absolute atomic E-state index is 0.189. The molecule has 0 aliphatic carbocycles. The Morgan fingerprint density at radius 1 is 1.17 bits per heavy atom. The number of nitrogens with zero attached hydrogens (tertiary/aromatic N) is 3. The molecule has 2 aromatic rings. The minimum atomic E-state index is 0.189. The molecule has 0 aliphatic rings. The van der Waals surface area contributed by atoms with Gasteiger partial charge >= 0.3 is 0 Å². The van der Waals surface area contributed by atoms with Crippen LogP contribution in [0.2, 0.25) is 0 Å². The summed E-state index contributed by atoms with van der Waals surface area (Å²) in [5, 5.41) is 3.14. The van der Waals surface area contributed by atoms with Crippen LogP contribution in [0.25, 0.3) is 11.1 Å². The standard InChI is InChI=1S/C13H17N5/c1-10(14)2-7-16-13-17-8-12(9-18-13)11-3-5-15-6-4-11/h3-6,8-10H,2,7,14H2,1H3,(H,16,17,18). The van der Waals surface area contributed by atoms with Crippen molar-refractivity contribution in [2.45, 2.75) is 19.4 Å². The predicted octanol–water partition coefficient (Wildman–Crippen LogP) is 1.69. The highest BCUT2D eigenvalue weighted by molar-refractivity contribution is 5.61. The van der Waals surface area contributed by atoms with Crippen molar-refractivity contribution in [3.8, 4) is 11.1 Å². The first-order chi connectivity index (χ1) is 8.75. The molecule has 0 aliphatic heterocycles. The maximum atomic E-state index is 5.67. The first-order valence-electron chi connectivity index (χ1n) is 5.97. The molecule has 0 saturated heterocycles. The summed E-state index contributed by atoms with van der Waals surface area (Å²) in [7, 11) is 0. The summed E-state index contributed by atoms with van der Waals surface area (Å²) in [6.45, 7) is 2.77. The van der Waals surface area contributed by atoms with E-state index in [9.17, 15) is 0 Å². The molecular weight excluding hydrogens is 226 g/mol. The van der Waals surface area contributed by atoms with Crippen LogP contribution >= 0.6 is 0 Å². The number of rotatable bonds is 5. The SMILES string of the molecule is CC(N)CCNc1ncc(-c2ccncc2)cn1. The Labute approximate surface area is 106 Å². The van der Waals surface area contributed by atoms with Crippen LogP contribution < -0.4 is 11.1 Å². The van der Waals surface area contributed by atoms with Gasteiger partial charge in [0.15, 0.2) is 0 Å². The van der Waals surface area contributed by atoms with Crippen LogP contribution in [0.4, 0.5) is 5.95 Å². The Kier molecular flexibility index (Phi) is 4.20. The number of pyridine rings is 1. The normalized spacial score (nSPS) is 12.1. The first kappa shape index (κ1) is 12.4. The Hall–Kier alpha value is -2.01. The van der Waals surface area contributed by atoms with E-state index in [-0.39, 0.29) is 6.04 Å². The van der Waals surface area contributed by atoms with Crippen molar-refractivity contribution in [2.75, 3.05) is 11.9 Å². The van der Waals surface area contributed by atoms with E-state index >= 15 is 0 Å². The molecule has 0 fully saturated rings. The monoisotopic (exact) mass is 243 g/mol. The van der Waals surface area contributed by atoms with Gasteiger partial charge in [-0.15, -0.1) is 0 Å². The van der Waals surface area contributed by atoms with Gasteiger partial charge in [0, 0.05) is 42.9 Å². The van der Waals surface area contributed by atoms with Crippen molar-refractivity contribution < 1.29 is 0 Å². The van der Waals surface area contributed by atoms with Gasteiger partial charge in [0.2, 0.25) is 5.95 Å². The summed E-state index contributed by atoms with van der Waals surface area (Å²) in [4.78, 5) is 12.5. The molecular formula is C13H17N5. The van der Waals surface area contributed by atoms with Gasteiger partial charge in [-0.2, -0.15) is 0 Å². The van der Waals surface area contributed by atoms with Crippen molar-refractivity contribution in [3.05, 3.63) is 36.9 Å². The third-order valence-electron chi connectivity index (χ3n) is 2.55. The van der Waals surface area contributed by atoms with Crippen molar-refractivity contribution in [1.29, 1.82) is 0 Å². The zero-order chi connectivity index (χ0) is 12.8. The zero-order valence-corrected chi connectivity index (χ0v) is 10.4. The molecule has 0 aromatic carbocycles. The molecule has 2 rings (SSSR count). The molecule has 1 atom stereocenters. The fourth-order valence-corrected chi connectivity index (χ4v) is 1.52. The summed E-state index contributed by atoms with van der Waals surface area (Å²) in [5.41, 5.74) is 7.71. The molecule has 0 amide bonds. The Balaban J connectivity index is 1.98. The third-order valence-corrected chi connectivity index (χ3v) is 2.55. The van der Waals surface area contributed by atoms with E-state index in [1.807, 2.05) is 19.1 Å². The average Bonchev–Trinajstić information content (AvgIpc) is 2.40. The van der Waals surface area contributed by atoms with E-state index < -0.39 is 0 Å². The minimum Gasteiger partial charge on any atom is -0.354 e. The Bertz CT molecular complexity index is 467. The average molecular weight is 243 g/mol. The number of hydrogen-bond acceptors (Lipinski definition) is 5. The first-order valence-corrected chi connectivity index (χ1v) is 5.97. The molecule has 5 nitrogen and oxygen atoms in total. The van der Waals surface area contributed by atoms with Crippen LogP contribution in [0.15, 0.2) is 36.9 Å². The second-order valence-electron chi connectivity index (χ2n) is 4.22. The van der Waals surface area contributed by atoms with Crippen molar-refractivity contribution in [1.82, 2.24) is 15.0 Å². The maximum Gasteiger partial charge on any atom is 0.222 e. The quantitative estimate of drug-likeness (QED) is 0.835. The van der Waals surface area contributed by atoms with Gasteiger partial charge in [-0.3, -0.25) is 4.98 Å². The lowest BCUT2D eigenvalue weighted by Crippen LogP contribution is -2.19. The highest BCUT2D eigenvalue weighted by atomic mass is 15.1. The molecule has 1 unspecified atom stereocenters. The van der Waals surface area contributed by atoms with Crippen molar-refractivity contribution >= 4 is 5.95 Å². The van der Waals surface area contributed by atoms with Gasteiger partial charge in [0.25, 0.3) is 0 Å². The highest BCUT2D eigenvalue weighted by Crippen LogP contribution is 2.16. The summed E-state index contributed by atoms with van der Waals surface area (Å²) in [5.74, 6) is 0.633.